The van der Waals surface area contributed by atoms with Gasteiger partial charge in [-0.1, -0.05) is 19.9 Å². The van der Waals surface area contributed by atoms with Gasteiger partial charge in [0, 0.05) is 31.4 Å². The maximum Gasteiger partial charge on any atom is 0.225 e. The van der Waals surface area contributed by atoms with Crippen LogP contribution in [0.5, 0.6) is 0 Å². The summed E-state index contributed by atoms with van der Waals surface area (Å²) in [5.41, 5.74) is 0. The number of nitrogens with one attached hydrogen (secondary N) is 1. The number of carbonyl (C=O) groups is 2. The minimum Gasteiger partial charge on any atom is -0.354 e. The van der Waals surface area contributed by atoms with Crippen molar-refractivity contribution in [2.75, 3.05) is 33.2 Å². The van der Waals surface area contributed by atoms with Crippen molar-refractivity contribution in [1.82, 2.24) is 15.1 Å². The van der Waals surface area contributed by atoms with Crippen molar-refractivity contribution in [3.63, 3.8) is 0 Å². The fraction of sp³-hybridized carbons (Fsp3) is 0.647. The smallest absolute Gasteiger partial charge is 0.225 e. The molecule has 1 aromatic rings. The second kappa shape index (κ2) is 8.45. The molecule has 6 heteroatoms. The Hall–Kier alpha value is -1.40. The van der Waals surface area contributed by atoms with Gasteiger partial charge in [0.1, 0.15) is 0 Å². The Kier molecular flexibility index (Phi) is 6.59. The first-order chi connectivity index (χ1) is 11.1. The molecular formula is C17H27N3O2S. The van der Waals surface area contributed by atoms with E-state index in [0.29, 0.717) is 19.4 Å². The topological polar surface area (TPSA) is 52.7 Å². The number of hydrogen-bond acceptors (Lipinski definition) is 4. The van der Waals surface area contributed by atoms with Crippen LogP contribution in [0, 0.1) is 5.92 Å². The van der Waals surface area contributed by atoms with Crippen LogP contribution in [0.4, 0.5) is 0 Å². The predicted octanol–water partition coefficient (Wildman–Crippen LogP) is 2.12. The summed E-state index contributed by atoms with van der Waals surface area (Å²) in [5, 5.41) is 5.06. The van der Waals surface area contributed by atoms with Gasteiger partial charge in [-0.15, -0.1) is 11.3 Å². The van der Waals surface area contributed by atoms with Gasteiger partial charge in [-0.25, -0.2) is 0 Å². The molecule has 1 aliphatic rings. The SMILES string of the molecule is CCN(CC)CCNC(=O)[C@H]1CCC(=O)N(C)[C@@H]1c1cccs1. The third-order valence-electron chi connectivity index (χ3n) is 4.65. The molecule has 1 aromatic heterocycles. The van der Waals surface area contributed by atoms with Crippen molar-refractivity contribution >= 4 is 23.2 Å². The number of likely N-dealkylation sites (tertiary alicyclic amines) is 1. The molecule has 1 aliphatic heterocycles. The average molecular weight is 337 g/mol. The minimum atomic E-state index is -0.159. The second-order valence-electron chi connectivity index (χ2n) is 5.93. The summed E-state index contributed by atoms with van der Waals surface area (Å²) in [6, 6.07) is 3.85. The summed E-state index contributed by atoms with van der Waals surface area (Å²) >= 11 is 1.61. The highest BCUT2D eigenvalue weighted by atomic mass is 32.1. The van der Waals surface area contributed by atoms with Crippen molar-refractivity contribution in [3.8, 4) is 0 Å². The predicted molar refractivity (Wildman–Crippen MR) is 93.4 cm³/mol. The van der Waals surface area contributed by atoms with Crippen LogP contribution in [0.25, 0.3) is 0 Å². The first-order valence-corrected chi connectivity index (χ1v) is 9.25. The highest BCUT2D eigenvalue weighted by Gasteiger charge is 2.39. The zero-order chi connectivity index (χ0) is 16.8. The molecule has 128 valence electrons. The van der Waals surface area contributed by atoms with Crippen molar-refractivity contribution in [2.45, 2.75) is 32.7 Å². The van der Waals surface area contributed by atoms with Crippen LogP contribution < -0.4 is 5.32 Å². The van der Waals surface area contributed by atoms with E-state index in [1.54, 1.807) is 16.2 Å². The molecule has 0 bridgehead atoms. The maximum atomic E-state index is 12.7. The van der Waals surface area contributed by atoms with Gasteiger partial charge in [0.25, 0.3) is 0 Å². The van der Waals surface area contributed by atoms with Gasteiger partial charge < -0.3 is 15.1 Å². The Balaban J connectivity index is 2.00. The molecule has 23 heavy (non-hydrogen) atoms. The van der Waals surface area contributed by atoms with Crippen molar-refractivity contribution in [3.05, 3.63) is 22.4 Å². The van der Waals surface area contributed by atoms with E-state index in [0.717, 1.165) is 24.5 Å². The highest BCUT2D eigenvalue weighted by Crippen LogP contribution is 2.37. The molecule has 0 unspecified atom stereocenters. The Morgan fingerprint density at radius 2 is 2.17 bits per heavy atom. The van der Waals surface area contributed by atoms with Crippen LogP contribution in [-0.2, 0) is 9.59 Å². The molecule has 2 atom stereocenters. The van der Waals surface area contributed by atoms with E-state index in [9.17, 15) is 9.59 Å². The lowest BCUT2D eigenvalue weighted by molar-refractivity contribution is -0.141. The summed E-state index contributed by atoms with van der Waals surface area (Å²) in [5.74, 6) is 0.0264. The molecule has 0 saturated carbocycles. The number of thiophene rings is 1. The lowest BCUT2D eigenvalue weighted by Crippen LogP contribution is -2.47. The maximum absolute atomic E-state index is 12.7. The second-order valence-corrected chi connectivity index (χ2v) is 6.91. The lowest BCUT2D eigenvalue weighted by atomic mass is 9.87. The summed E-state index contributed by atoms with van der Waals surface area (Å²) in [6.07, 6.45) is 1.08. The van der Waals surface area contributed by atoms with Gasteiger partial charge in [0.2, 0.25) is 11.8 Å². The summed E-state index contributed by atoms with van der Waals surface area (Å²) < 4.78 is 0. The summed E-state index contributed by atoms with van der Waals surface area (Å²) in [7, 11) is 1.81. The van der Waals surface area contributed by atoms with E-state index >= 15 is 0 Å². The third-order valence-corrected chi connectivity index (χ3v) is 5.60. The van der Waals surface area contributed by atoms with E-state index < -0.39 is 0 Å². The molecule has 0 spiro atoms. The van der Waals surface area contributed by atoms with E-state index in [1.165, 1.54) is 0 Å². The van der Waals surface area contributed by atoms with Gasteiger partial charge >= 0.3 is 0 Å². The zero-order valence-electron chi connectivity index (χ0n) is 14.2. The van der Waals surface area contributed by atoms with Crippen LogP contribution in [-0.4, -0.2) is 54.8 Å². The van der Waals surface area contributed by atoms with E-state index in [-0.39, 0.29) is 23.8 Å². The fourth-order valence-corrected chi connectivity index (χ4v) is 4.10. The van der Waals surface area contributed by atoms with E-state index in [1.807, 2.05) is 24.6 Å². The van der Waals surface area contributed by atoms with Crippen LogP contribution >= 0.6 is 11.3 Å². The van der Waals surface area contributed by atoms with Gasteiger partial charge in [0.15, 0.2) is 0 Å². The van der Waals surface area contributed by atoms with Crippen LogP contribution in [0.1, 0.15) is 37.6 Å². The molecule has 2 rings (SSSR count). The summed E-state index contributed by atoms with van der Waals surface area (Å²) in [6.45, 7) is 7.76. The molecule has 1 N–H and O–H groups in total. The average Bonchev–Trinajstić information content (AvgIpc) is 3.07. The Labute approximate surface area is 142 Å². The molecule has 1 fully saturated rings. The van der Waals surface area contributed by atoms with E-state index in [2.05, 4.69) is 24.1 Å². The zero-order valence-corrected chi connectivity index (χ0v) is 15.1. The molecule has 1 saturated heterocycles. The van der Waals surface area contributed by atoms with Gasteiger partial charge in [0.05, 0.1) is 12.0 Å². The Bertz CT molecular complexity index is 514. The van der Waals surface area contributed by atoms with Crippen LogP contribution in [0.2, 0.25) is 0 Å². The first kappa shape index (κ1) is 17.9. The van der Waals surface area contributed by atoms with Crippen molar-refractivity contribution in [1.29, 1.82) is 0 Å². The number of hydrogen-bond donors (Lipinski definition) is 1. The number of amides is 2. The molecule has 2 heterocycles. The van der Waals surface area contributed by atoms with Gasteiger partial charge in [-0.2, -0.15) is 0 Å². The first-order valence-electron chi connectivity index (χ1n) is 8.37. The largest absolute Gasteiger partial charge is 0.354 e. The fourth-order valence-electron chi connectivity index (χ4n) is 3.17. The monoisotopic (exact) mass is 337 g/mol. The lowest BCUT2D eigenvalue weighted by Gasteiger charge is -2.37. The molecule has 0 radical (unpaired) electrons. The summed E-state index contributed by atoms with van der Waals surface area (Å²) in [4.78, 5) is 29.8. The van der Waals surface area contributed by atoms with Crippen LogP contribution in [0.15, 0.2) is 17.5 Å². The minimum absolute atomic E-state index is 0.0647. The highest BCUT2D eigenvalue weighted by molar-refractivity contribution is 7.10. The molecular weight excluding hydrogens is 310 g/mol. The Morgan fingerprint density at radius 1 is 1.43 bits per heavy atom. The number of likely N-dealkylation sites (N-methyl/N-ethyl adjacent to an activating group) is 1. The number of carbonyl (C=O) groups excluding carboxylic acids is 2. The van der Waals surface area contributed by atoms with Crippen LogP contribution in [0.3, 0.4) is 0 Å². The Morgan fingerprint density at radius 3 is 2.78 bits per heavy atom. The quantitative estimate of drug-likeness (QED) is 0.829. The molecule has 2 amide bonds. The van der Waals surface area contributed by atoms with Gasteiger partial charge in [-0.05, 0) is 31.0 Å². The van der Waals surface area contributed by atoms with Gasteiger partial charge in [-0.3, -0.25) is 9.59 Å². The van der Waals surface area contributed by atoms with Crippen molar-refractivity contribution in [2.24, 2.45) is 5.92 Å². The standard InChI is InChI=1S/C17H27N3O2S/c1-4-20(5-2)11-10-18-17(22)13-8-9-15(21)19(3)16(13)14-7-6-12-23-14/h6-7,12-13,16H,4-5,8-11H2,1-3H3,(H,18,22)/t13-,16-/m0/s1. The third kappa shape index (κ3) is 4.32. The molecule has 0 aliphatic carbocycles. The molecule has 5 nitrogen and oxygen atoms in total. The van der Waals surface area contributed by atoms with Crippen molar-refractivity contribution < 1.29 is 9.59 Å². The normalized spacial score (nSPS) is 21.7. The number of rotatable bonds is 7. The van der Waals surface area contributed by atoms with E-state index in [4.69, 9.17) is 0 Å². The number of piperidine rings is 1. The number of nitrogens with zero attached hydrogens (tertiary/aromatic N) is 2. The molecule has 0 aromatic carbocycles.